The van der Waals surface area contributed by atoms with Gasteiger partial charge in [-0.1, -0.05) is 26.0 Å². The van der Waals surface area contributed by atoms with Crippen molar-refractivity contribution in [3.05, 3.63) is 64.5 Å². The molecule has 0 saturated heterocycles. The summed E-state index contributed by atoms with van der Waals surface area (Å²) in [5.41, 5.74) is 4.38. The molecule has 1 unspecified atom stereocenters. The number of carbonyl (C=O) groups excluding carboxylic acids is 2. The summed E-state index contributed by atoms with van der Waals surface area (Å²) in [5, 5.41) is 16.3. The SMILES string of the molecule is Cc1cc(C=NNC(=O)C(NC(=O)c2ccccc2F)C(C)C)cc(C)c1O. The lowest BCUT2D eigenvalue weighted by Crippen LogP contribution is -2.48. The van der Waals surface area contributed by atoms with Gasteiger partial charge in [-0.05, 0) is 60.7 Å². The first-order valence-electron chi connectivity index (χ1n) is 8.89. The quantitative estimate of drug-likeness (QED) is 0.527. The number of amides is 2. The number of nitrogens with one attached hydrogen (secondary N) is 2. The second-order valence-corrected chi connectivity index (χ2v) is 6.91. The van der Waals surface area contributed by atoms with E-state index in [1.807, 2.05) is 0 Å². The van der Waals surface area contributed by atoms with Crippen LogP contribution < -0.4 is 10.7 Å². The van der Waals surface area contributed by atoms with Crippen LogP contribution in [0.2, 0.25) is 0 Å². The fourth-order valence-corrected chi connectivity index (χ4v) is 2.70. The topological polar surface area (TPSA) is 90.8 Å². The molecule has 0 aliphatic carbocycles. The highest BCUT2D eigenvalue weighted by Crippen LogP contribution is 2.22. The van der Waals surface area contributed by atoms with Crippen molar-refractivity contribution >= 4 is 18.0 Å². The summed E-state index contributed by atoms with van der Waals surface area (Å²) in [4.78, 5) is 24.7. The van der Waals surface area contributed by atoms with Crippen LogP contribution in [-0.2, 0) is 4.79 Å². The van der Waals surface area contributed by atoms with Crippen molar-refractivity contribution in [2.75, 3.05) is 0 Å². The number of halogens is 1. The number of phenolic OH excluding ortho intramolecular Hbond substituents is 1. The van der Waals surface area contributed by atoms with Gasteiger partial charge in [0.1, 0.15) is 17.6 Å². The van der Waals surface area contributed by atoms with Crippen molar-refractivity contribution in [3.63, 3.8) is 0 Å². The molecule has 0 aliphatic rings. The van der Waals surface area contributed by atoms with Crippen LogP contribution in [0, 0.1) is 25.6 Å². The smallest absolute Gasteiger partial charge is 0.262 e. The molecule has 6 nitrogen and oxygen atoms in total. The van der Waals surface area contributed by atoms with Crippen LogP contribution in [0.15, 0.2) is 41.5 Å². The second-order valence-electron chi connectivity index (χ2n) is 6.91. The number of nitrogens with zero attached hydrogens (tertiary/aromatic N) is 1. The van der Waals surface area contributed by atoms with E-state index in [9.17, 15) is 19.1 Å². The van der Waals surface area contributed by atoms with Gasteiger partial charge in [-0.3, -0.25) is 9.59 Å². The molecule has 1 atom stereocenters. The van der Waals surface area contributed by atoms with Crippen LogP contribution in [0.25, 0.3) is 0 Å². The molecule has 0 aromatic heterocycles. The highest BCUT2D eigenvalue weighted by molar-refractivity contribution is 5.98. The molecule has 2 aromatic rings. The predicted molar refractivity (Wildman–Crippen MR) is 106 cm³/mol. The fourth-order valence-electron chi connectivity index (χ4n) is 2.70. The Hall–Kier alpha value is -3.22. The minimum Gasteiger partial charge on any atom is -0.507 e. The summed E-state index contributed by atoms with van der Waals surface area (Å²) >= 11 is 0. The number of hydrazone groups is 1. The third kappa shape index (κ3) is 5.16. The number of benzene rings is 2. The van der Waals surface area contributed by atoms with Crippen molar-refractivity contribution in [2.45, 2.75) is 33.7 Å². The molecule has 3 N–H and O–H groups in total. The van der Waals surface area contributed by atoms with Gasteiger partial charge in [0.25, 0.3) is 11.8 Å². The standard InChI is InChI=1S/C21H24FN3O3/c1-12(2)18(24-20(27)16-7-5-6-8-17(16)22)21(28)25-23-11-15-9-13(3)19(26)14(4)10-15/h5-12,18,26H,1-4H3,(H,24,27)(H,25,28). The van der Waals surface area contributed by atoms with Gasteiger partial charge in [0.05, 0.1) is 11.8 Å². The Morgan fingerprint density at radius 2 is 1.75 bits per heavy atom. The zero-order chi connectivity index (χ0) is 20.8. The molecule has 148 valence electrons. The maximum atomic E-state index is 13.8. The van der Waals surface area contributed by atoms with Gasteiger partial charge in [-0.15, -0.1) is 0 Å². The third-order valence-corrected chi connectivity index (χ3v) is 4.26. The van der Waals surface area contributed by atoms with Crippen LogP contribution in [0.3, 0.4) is 0 Å². The number of aryl methyl sites for hydroxylation is 2. The van der Waals surface area contributed by atoms with Crippen LogP contribution in [0.4, 0.5) is 4.39 Å². The highest BCUT2D eigenvalue weighted by atomic mass is 19.1. The number of hydrogen-bond donors (Lipinski definition) is 3. The second kappa shape index (κ2) is 9.12. The number of phenols is 1. The zero-order valence-electron chi connectivity index (χ0n) is 16.3. The summed E-state index contributed by atoms with van der Waals surface area (Å²) in [7, 11) is 0. The van der Waals surface area contributed by atoms with Gasteiger partial charge in [-0.2, -0.15) is 5.10 Å². The lowest BCUT2D eigenvalue weighted by Gasteiger charge is -2.20. The van der Waals surface area contributed by atoms with E-state index >= 15 is 0 Å². The van der Waals surface area contributed by atoms with Crippen molar-refractivity contribution in [2.24, 2.45) is 11.0 Å². The monoisotopic (exact) mass is 385 g/mol. The molecule has 0 radical (unpaired) electrons. The summed E-state index contributed by atoms with van der Waals surface area (Å²) in [6.45, 7) is 7.07. The molecule has 0 aliphatic heterocycles. The molecular formula is C21H24FN3O3. The maximum Gasteiger partial charge on any atom is 0.262 e. The van der Waals surface area contributed by atoms with E-state index in [0.29, 0.717) is 16.7 Å². The fraction of sp³-hybridized carbons (Fsp3) is 0.286. The highest BCUT2D eigenvalue weighted by Gasteiger charge is 2.25. The molecule has 0 saturated carbocycles. The molecule has 28 heavy (non-hydrogen) atoms. The van der Waals surface area contributed by atoms with Crippen LogP contribution >= 0.6 is 0 Å². The maximum absolute atomic E-state index is 13.8. The first-order valence-corrected chi connectivity index (χ1v) is 8.89. The minimum atomic E-state index is -0.882. The summed E-state index contributed by atoms with van der Waals surface area (Å²) in [6, 6.07) is 8.16. The van der Waals surface area contributed by atoms with E-state index in [2.05, 4.69) is 15.8 Å². The minimum absolute atomic E-state index is 0.125. The largest absolute Gasteiger partial charge is 0.507 e. The van der Waals surface area contributed by atoms with Crippen molar-refractivity contribution in [3.8, 4) is 5.75 Å². The molecule has 2 rings (SSSR count). The first kappa shape index (κ1) is 21.1. The van der Waals surface area contributed by atoms with E-state index in [4.69, 9.17) is 0 Å². The van der Waals surface area contributed by atoms with Crippen LogP contribution in [-0.4, -0.2) is 29.2 Å². The van der Waals surface area contributed by atoms with Gasteiger partial charge in [0, 0.05) is 0 Å². The van der Waals surface area contributed by atoms with Gasteiger partial charge < -0.3 is 10.4 Å². The Morgan fingerprint density at radius 1 is 1.14 bits per heavy atom. The Balaban J connectivity index is 2.07. The Labute approximate surface area is 163 Å². The molecule has 0 heterocycles. The van der Waals surface area contributed by atoms with Crippen molar-refractivity contribution < 1.29 is 19.1 Å². The van der Waals surface area contributed by atoms with Gasteiger partial charge in [-0.25, -0.2) is 9.82 Å². The zero-order valence-corrected chi connectivity index (χ0v) is 16.3. The normalized spacial score (nSPS) is 12.2. The number of rotatable bonds is 6. The third-order valence-electron chi connectivity index (χ3n) is 4.26. The Bertz CT molecular complexity index is 887. The molecule has 0 bridgehead atoms. The van der Waals surface area contributed by atoms with E-state index in [1.54, 1.807) is 45.9 Å². The van der Waals surface area contributed by atoms with Crippen molar-refractivity contribution in [1.29, 1.82) is 0 Å². The van der Waals surface area contributed by atoms with E-state index in [0.717, 1.165) is 0 Å². The molecular weight excluding hydrogens is 361 g/mol. The van der Waals surface area contributed by atoms with Crippen molar-refractivity contribution in [1.82, 2.24) is 10.7 Å². The van der Waals surface area contributed by atoms with Crippen LogP contribution in [0.1, 0.15) is 40.9 Å². The average molecular weight is 385 g/mol. The summed E-state index contributed by atoms with van der Waals surface area (Å²) in [5.74, 6) is -1.84. The number of carbonyl (C=O) groups is 2. The number of aromatic hydroxyl groups is 1. The van der Waals surface area contributed by atoms with Gasteiger partial charge >= 0.3 is 0 Å². The molecule has 2 amide bonds. The van der Waals surface area contributed by atoms with Gasteiger partial charge in [0.15, 0.2) is 0 Å². The Morgan fingerprint density at radius 3 is 2.32 bits per heavy atom. The number of hydrogen-bond acceptors (Lipinski definition) is 4. The van der Waals surface area contributed by atoms with Gasteiger partial charge in [0.2, 0.25) is 0 Å². The molecule has 2 aromatic carbocycles. The summed E-state index contributed by atoms with van der Waals surface area (Å²) in [6.07, 6.45) is 1.45. The van der Waals surface area contributed by atoms with E-state index in [-0.39, 0.29) is 17.2 Å². The van der Waals surface area contributed by atoms with Crippen LogP contribution in [0.5, 0.6) is 5.75 Å². The predicted octanol–water partition coefficient (Wildman–Crippen LogP) is 3.05. The lowest BCUT2D eigenvalue weighted by molar-refractivity contribution is -0.123. The first-order chi connectivity index (χ1) is 13.2. The summed E-state index contributed by atoms with van der Waals surface area (Å²) < 4.78 is 13.8. The average Bonchev–Trinajstić information content (AvgIpc) is 2.63. The lowest BCUT2D eigenvalue weighted by atomic mass is 10.0. The molecule has 7 heteroatoms. The van der Waals surface area contributed by atoms with E-state index in [1.165, 1.54) is 24.4 Å². The van der Waals surface area contributed by atoms with E-state index < -0.39 is 23.7 Å². The molecule has 0 fully saturated rings. The molecule has 0 spiro atoms. The Kier molecular flexibility index (Phi) is 6.87.